The average Bonchev–Trinajstić information content (AvgIpc) is 3.62. The molecule has 1 aliphatic carbocycles. The zero-order valence-electron chi connectivity index (χ0n) is 19.2. The minimum atomic E-state index is -0.184. The summed E-state index contributed by atoms with van der Waals surface area (Å²) in [5.74, 6) is 0.511. The Labute approximate surface area is 193 Å². The Kier molecular flexibility index (Phi) is 7.75. The third kappa shape index (κ3) is 6.19. The van der Waals surface area contributed by atoms with Crippen molar-refractivity contribution in [2.45, 2.75) is 56.9 Å². The van der Waals surface area contributed by atoms with E-state index >= 15 is 0 Å². The zero-order chi connectivity index (χ0) is 23.2. The number of carbonyl (C=O) groups is 1. The van der Waals surface area contributed by atoms with Crippen LogP contribution in [0.4, 0.5) is 10.2 Å². The van der Waals surface area contributed by atoms with Crippen molar-refractivity contribution in [3.05, 3.63) is 57.9 Å². The highest BCUT2D eigenvalue weighted by atomic mass is 19.1. The number of esters is 1. The summed E-state index contributed by atoms with van der Waals surface area (Å²) in [5, 5.41) is 3.60. The molecule has 2 aromatic rings. The fourth-order valence-electron chi connectivity index (χ4n) is 4.66. The molecule has 2 heterocycles. The van der Waals surface area contributed by atoms with Crippen molar-refractivity contribution < 1.29 is 13.9 Å². The number of hydrogen-bond acceptors (Lipinski definition) is 6. The average molecular weight is 457 g/mol. The van der Waals surface area contributed by atoms with Gasteiger partial charge in [-0.15, -0.1) is 0 Å². The number of ether oxygens (including phenoxy) is 1. The van der Waals surface area contributed by atoms with Crippen LogP contribution in [-0.4, -0.2) is 48.7 Å². The summed E-state index contributed by atoms with van der Waals surface area (Å²) in [6, 6.07) is 7.34. The monoisotopic (exact) mass is 456 g/mol. The van der Waals surface area contributed by atoms with Crippen LogP contribution in [0, 0.1) is 11.7 Å². The molecule has 2 aliphatic rings. The molecule has 0 bridgehead atoms. The lowest BCUT2D eigenvalue weighted by atomic mass is 9.97. The minimum absolute atomic E-state index is 0.0938. The standard InChI is InChI=1S/C25H33FN4O3/c1-33-25(32)18-10-13-30(14-11-18)23-24(31)28-16-20(29-23)5-3-2-4-12-27-22-15-21(22)17-6-8-19(26)9-7-17/h6-9,16,18,21-22,27H,2-5,10-15H2,1H3,(H,28,31)/t21-,22?/m0/s1. The van der Waals surface area contributed by atoms with Crippen LogP contribution < -0.4 is 15.8 Å². The molecular weight excluding hydrogens is 423 g/mol. The molecule has 2 fully saturated rings. The number of H-pyrrole nitrogens is 1. The van der Waals surface area contributed by atoms with Gasteiger partial charge < -0.3 is 19.9 Å². The first-order valence-electron chi connectivity index (χ1n) is 12.0. The minimum Gasteiger partial charge on any atom is -0.469 e. The van der Waals surface area contributed by atoms with E-state index in [0.717, 1.165) is 44.3 Å². The number of aryl methyl sites for hydroxylation is 1. The number of piperidine rings is 1. The summed E-state index contributed by atoms with van der Waals surface area (Å²) in [6.07, 6.45) is 8.18. The van der Waals surface area contributed by atoms with E-state index in [1.54, 1.807) is 6.20 Å². The van der Waals surface area contributed by atoms with E-state index in [0.29, 0.717) is 43.7 Å². The molecule has 0 spiro atoms. The maximum Gasteiger partial charge on any atom is 0.308 e. The van der Waals surface area contributed by atoms with Crippen molar-refractivity contribution in [3.8, 4) is 0 Å². The van der Waals surface area contributed by atoms with E-state index in [4.69, 9.17) is 4.74 Å². The van der Waals surface area contributed by atoms with Gasteiger partial charge in [-0.05, 0) is 62.8 Å². The quantitative estimate of drug-likeness (QED) is 0.422. The first-order valence-corrected chi connectivity index (χ1v) is 12.0. The predicted octanol–water partition coefficient (Wildman–Crippen LogP) is 3.16. The highest BCUT2D eigenvalue weighted by Crippen LogP contribution is 2.40. The number of methoxy groups -OCH3 is 1. The number of carbonyl (C=O) groups excluding carboxylic acids is 1. The lowest BCUT2D eigenvalue weighted by Crippen LogP contribution is -2.40. The highest BCUT2D eigenvalue weighted by Gasteiger charge is 2.37. The molecule has 1 aliphatic heterocycles. The topological polar surface area (TPSA) is 87.3 Å². The van der Waals surface area contributed by atoms with Crippen LogP contribution in [0.15, 0.2) is 35.3 Å². The number of halogens is 1. The number of rotatable bonds is 10. The number of unbranched alkanes of at least 4 members (excludes halogenated alkanes) is 2. The van der Waals surface area contributed by atoms with Crippen LogP contribution in [0.25, 0.3) is 0 Å². The molecule has 8 heteroatoms. The molecule has 0 amide bonds. The van der Waals surface area contributed by atoms with Crippen molar-refractivity contribution in [1.29, 1.82) is 0 Å². The van der Waals surface area contributed by atoms with Gasteiger partial charge in [0.1, 0.15) is 5.82 Å². The van der Waals surface area contributed by atoms with Crippen LogP contribution in [0.2, 0.25) is 0 Å². The van der Waals surface area contributed by atoms with E-state index in [1.165, 1.54) is 24.8 Å². The van der Waals surface area contributed by atoms with Crippen LogP contribution in [0.5, 0.6) is 0 Å². The number of nitrogens with one attached hydrogen (secondary N) is 2. The lowest BCUT2D eigenvalue weighted by Gasteiger charge is -2.31. The Morgan fingerprint density at radius 2 is 1.97 bits per heavy atom. The first kappa shape index (κ1) is 23.4. The van der Waals surface area contributed by atoms with Gasteiger partial charge >= 0.3 is 5.97 Å². The fourth-order valence-corrected chi connectivity index (χ4v) is 4.66. The SMILES string of the molecule is COC(=O)C1CCN(c2nc(CCCCCNC3C[C@H]3c3ccc(F)cc3)c[nH]c2=O)CC1. The maximum absolute atomic E-state index is 13.0. The van der Waals surface area contributed by atoms with E-state index in [-0.39, 0.29) is 23.3 Å². The number of hydrogen-bond donors (Lipinski definition) is 2. The normalized spacial score (nSPS) is 20.6. The molecule has 2 atom stereocenters. The summed E-state index contributed by atoms with van der Waals surface area (Å²) in [4.78, 5) is 33.4. The van der Waals surface area contributed by atoms with Crippen molar-refractivity contribution in [1.82, 2.24) is 15.3 Å². The molecule has 1 saturated carbocycles. The number of anilines is 1. The fraction of sp³-hybridized carbons (Fsp3) is 0.560. The second-order valence-electron chi connectivity index (χ2n) is 9.09. The van der Waals surface area contributed by atoms with E-state index in [2.05, 4.69) is 15.3 Å². The molecule has 178 valence electrons. The van der Waals surface area contributed by atoms with Gasteiger partial charge in [-0.1, -0.05) is 18.6 Å². The van der Waals surface area contributed by atoms with Crippen molar-refractivity contribution in [2.24, 2.45) is 5.92 Å². The second kappa shape index (κ2) is 10.9. The van der Waals surface area contributed by atoms with E-state index < -0.39 is 0 Å². The molecule has 0 radical (unpaired) electrons. The van der Waals surface area contributed by atoms with Crippen LogP contribution in [0.1, 0.15) is 55.7 Å². The van der Waals surface area contributed by atoms with Gasteiger partial charge in [-0.25, -0.2) is 9.37 Å². The Balaban J connectivity index is 1.15. The maximum atomic E-state index is 13.0. The van der Waals surface area contributed by atoms with Crippen molar-refractivity contribution >= 4 is 11.8 Å². The third-order valence-corrected chi connectivity index (χ3v) is 6.76. The summed E-state index contributed by atoms with van der Waals surface area (Å²) < 4.78 is 17.9. The molecular formula is C25H33FN4O3. The number of aromatic nitrogens is 2. The predicted molar refractivity (Wildman–Crippen MR) is 125 cm³/mol. The van der Waals surface area contributed by atoms with Crippen molar-refractivity contribution in [3.63, 3.8) is 0 Å². The molecule has 7 nitrogen and oxygen atoms in total. The molecule has 1 unspecified atom stereocenters. The third-order valence-electron chi connectivity index (χ3n) is 6.76. The summed E-state index contributed by atoms with van der Waals surface area (Å²) in [5.41, 5.74) is 1.93. The molecule has 2 N–H and O–H groups in total. The summed E-state index contributed by atoms with van der Waals surface area (Å²) in [6.45, 7) is 2.23. The molecule has 4 rings (SSSR count). The van der Waals surface area contributed by atoms with Gasteiger partial charge in [0.2, 0.25) is 0 Å². The highest BCUT2D eigenvalue weighted by molar-refractivity contribution is 5.72. The van der Waals surface area contributed by atoms with Gasteiger partial charge in [0.25, 0.3) is 5.56 Å². The summed E-state index contributed by atoms with van der Waals surface area (Å²) >= 11 is 0. The number of benzene rings is 1. The van der Waals surface area contributed by atoms with E-state index in [9.17, 15) is 14.0 Å². The summed E-state index contributed by atoms with van der Waals surface area (Å²) in [7, 11) is 1.41. The Hall–Kier alpha value is -2.74. The van der Waals surface area contributed by atoms with Gasteiger partial charge in [0.05, 0.1) is 18.7 Å². The van der Waals surface area contributed by atoms with Crippen LogP contribution in [-0.2, 0) is 16.0 Å². The molecule has 1 saturated heterocycles. The smallest absolute Gasteiger partial charge is 0.308 e. The zero-order valence-corrected chi connectivity index (χ0v) is 19.2. The van der Waals surface area contributed by atoms with Gasteiger partial charge in [0.15, 0.2) is 5.82 Å². The van der Waals surface area contributed by atoms with Gasteiger partial charge in [-0.3, -0.25) is 9.59 Å². The van der Waals surface area contributed by atoms with Gasteiger partial charge in [-0.2, -0.15) is 0 Å². The number of nitrogens with zero attached hydrogens (tertiary/aromatic N) is 2. The lowest BCUT2D eigenvalue weighted by molar-refractivity contribution is -0.146. The Morgan fingerprint density at radius 3 is 2.70 bits per heavy atom. The largest absolute Gasteiger partial charge is 0.469 e. The van der Waals surface area contributed by atoms with Crippen molar-refractivity contribution in [2.75, 3.05) is 31.6 Å². The molecule has 1 aromatic heterocycles. The first-order chi connectivity index (χ1) is 16.0. The van der Waals surface area contributed by atoms with Crippen LogP contribution in [0.3, 0.4) is 0 Å². The second-order valence-corrected chi connectivity index (χ2v) is 9.09. The molecule has 1 aromatic carbocycles. The number of aromatic amines is 1. The molecule has 33 heavy (non-hydrogen) atoms. The van der Waals surface area contributed by atoms with Gasteiger partial charge in [0, 0.05) is 31.2 Å². The van der Waals surface area contributed by atoms with Crippen LogP contribution >= 0.6 is 0 Å². The Bertz CT molecular complexity index is 986. The Morgan fingerprint density at radius 1 is 1.21 bits per heavy atom. The van der Waals surface area contributed by atoms with E-state index in [1.807, 2.05) is 17.0 Å².